The Morgan fingerprint density at radius 1 is 1.22 bits per heavy atom. The minimum Gasteiger partial charge on any atom is -0.480 e. The average molecular weight is 340 g/mol. The van der Waals surface area contributed by atoms with E-state index in [9.17, 15) is 18.0 Å². The van der Waals surface area contributed by atoms with Gasteiger partial charge >= 0.3 is 5.97 Å². The first-order chi connectivity index (χ1) is 10.7. The molecule has 0 saturated heterocycles. The number of carboxylic acid groups (broad SMARTS) is 1. The highest BCUT2D eigenvalue weighted by Gasteiger charge is 2.24. The van der Waals surface area contributed by atoms with E-state index < -0.39 is 22.5 Å². The van der Waals surface area contributed by atoms with Gasteiger partial charge in [-0.3, -0.25) is 9.59 Å². The minimum absolute atomic E-state index is 0.00634. The van der Waals surface area contributed by atoms with Gasteiger partial charge in [-0.1, -0.05) is 6.07 Å². The summed E-state index contributed by atoms with van der Waals surface area (Å²) in [6, 6.07) is 4.84. The van der Waals surface area contributed by atoms with E-state index in [1.165, 1.54) is 20.0 Å². The Kier molecular flexibility index (Phi) is 5.06. The lowest BCUT2D eigenvalue weighted by atomic mass is 10.0. The Labute approximate surface area is 135 Å². The van der Waals surface area contributed by atoms with Crippen LogP contribution in [0.5, 0.6) is 0 Å². The SMILES string of the molecule is CC(=O)N1CCc2ccc(S(=O)(=O)N(C)CC(=O)O)cc2CC1. The van der Waals surface area contributed by atoms with E-state index in [-0.39, 0.29) is 10.8 Å². The third kappa shape index (κ3) is 3.89. The predicted octanol–water partition coefficient (Wildman–Crippen LogP) is 0.339. The van der Waals surface area contributed by atoms with E-state index in [0.717, 1.165) is 15.4 Å². The molecule has 1 amide bonds. The first-order valence-corrected chi connectivity index (χ1v) is 8.71. The van der Waals surface area contributed by atoms with Gasteiger partial charge in [0.25, 0.3) is 0 Å². The van der Waals surface area contributed by atoms with Crippen LogP contribution in [0.25, 0.3) is 0 Å². The zero-order chi connectivity index (χ0) is 17.2. The summed E-state index contributed by atoms with van der Waals surface area (Å²) in [5.74, 6) is -1.20. The number of rotatable bonds is 4. The molecular weight excluding hydrogens is 320 g/mol. The zero-order valence-electron chi connectivity index (χ0n) is 13.2. The number of sulfonamides is 1. The Bertz CT molecular complexity index is 729. The van der Waals surface area contributed by atoms with E-state index in [4.69, 9.17) is 5.11 Å². The lowest BCUT2D eigenvalue weighted by Crippen LogP contribution is -2.32. The molecule has 8 heteroatoms. The van der Waals surface area contributed by atoms with Gasteiger partial charge < -0.3 is 10.0 Å². The fraction of sp³-hybridized carbons (Fsp3) is 0.467. The van der Waals surface area contributed by atoms with Crippen molar-refractivity contribution < 1.29 is 23.1 Å². The standard InChI is InChI=1S/C15H20N2O5S/c1-11(18)17-7-5-12-3-4-14(9-13(12)6-8-17)23(21,22)16(2)10-15(19)20/h3-4,9H,5-8,10H2,1-2H3,(H,19,20). The van der Waals surface area contributed by atoms with Gasteiger partial charge in [-0.25, -0.2) is 8.42 Å². The molecule has 2 rings (SSSR count). The van der Waals surface area contributed by atoms with Crippen LogP contribution in [0.1, 0.15) is 18.1 Å². The second-order valence-electron chi connectivity index (χ2n) is 5.59. The Hall–Kier alpha value is -1.93. The molecule has 1 aromatic rings. The van der Waals surface area contributed by atoms with Crippen molar-refractivity contribution in [2.24, 2.45) is 0 Å². The second-order valence-corrected chi connectivity index (χ2v) is 7.64. The number of nitrogens with zero attached hydrogens (tertiary/aromatic N) is 2. The van der Waals surface area contributed by atoms with E-state index >= 15 is 0 Å². The summed E-state index contributed by atoms with van der Waals surface area (Å²) >= 11 is 0. The molecule has 1 heterocycles. The summed E-state index contributed by atoms with van der Waals surface area (Å²) in [5.41, 5.74) is 1.91. The van der Waals surface area contributed by atoms with Gasteiger partial charge in [0, 0.05) is 27.1 Å². The Morgan fingerprint density at radius 2 is 1.83 bits per heavy atom. The summed E-state index contributed by atoms with van der Waals surface area (Å²) in [6.45, 7) is 2.11. The lowest BCUT2D eigenvalue weighted by Gasteiger charge is -2.17. The van der Waals surface area contributed by atoms with Crippen molar-refractivity contribution in [2.45, 2.75) is 24.7 Å². The number of hydrogen-bond acceptors (Lipinski definition) is 4. The molecular formula is C15H20N2O5S. The monoisotopic (exact) mass is 340 g/mol. The van der Waals surface area contributed by atoms with Crippen molar-refractivity contribution in [1.82, 2.24) is 9.21 Å². The molecule has 1 N–H and O–H groups in total. The molecule has 0 spiro atoms. The number of aliphatic carboxylic acids is 1. The fourth-order valence-corrected chi connectivity index (χ4v) is 3.80. The zero-order valence-corrected chi connectivity index (χ0v) is 14.0. The van der Waals surface area contributed by atoms with Crippen LogP contribution in [0.15, 0.2) is 23.1 Å². The summed E-state index contributed by atoms with van der Waals surface area (Å²) in [4.78, 5) is 24.0. The fourth-order valence-electron chi connectivity index (χ4n) is 2.63. The predicted molar refractivity (Wildman–Crippen MR) is 83.6 cm³/mol. The van der Waals surface area contributed by atoms with Crippen molar-refractivity contribution in [1.29, 1.82) is 0 Å². The smallest absolute Gasteiger partial charge is 0.318 e. The number of hydrogen-bond donors (Lipinski definition) is 1. The van der Waals surface area contributed by atoms with Crippen molar-refractivity contribution in [2.75, 3.05) is 26.7 Å². The minimum atomic E-state index is -3.84. The topological polar surface area (TPSA) is 95.0 Å². The van der Waals surface area contributed by atoms with Crippen LogP contribution in [0, 0.1) is 0 Å². The van der Waals surface area contributed by atoms with E-state index in [2.05, 4.69) is 0 Å². The molecule has 0 aliphatic carbocycles. The average Bonchev–Trinajstić information content (AvgIpc) is 2.68. The van der Waals surface area contributed by atoms with Gasteiger partial charge in [-0.2, -0.15) is 4.31 Å². The summed E-state index contributed by atoms with van der Waals surface area (Å²) < 4.78 is 25.6. The molecule has 0 atom stereocenters. The van der Waals surface area contributed by atoms with Crippen LogP contribution in [0.3, 0.4) is 0 Å². The second kappa shape index (κ2) is 6.67. The maximum Gasteiger partial charge on any atom is 0.318 e. The van der Waals surface area contributed by atoms with Crippen molar-refractivity contribution in [3.8, 4) is 0 Å². The van der Waals surface area contributed by atoms with Crippen LogP contribution in [-0.4, -0.2) is 61.3 Å². The van der Waals surface area contributed by atoms with Gasteiger partial charge in [0.05, 0.1) is 4.90 Å². The highest BCUT2D eigenvalue weighted by molar-refractivity contribution is 7.89. The number of likely N-dealkylation sites (N-methyl/N-ethyl adjacent to an activating group) is 1. The third-order valence-corrected chi connectivity index (χ3v) is 5.79. The van der Waals surface area contributed by atoms with Gasteiger partial charge in [-0.15, -0.1) is 0 Å². The molecule has 1 aromatic carbocycles. The van der Waals surface area contributed by atoms with Crippen molar-refractivity contribution in [3.05, 3.63) is 29.3 Å². The van der Waals surface area contributed by atoms with Crippen LogP contribution in [0.4, 0.5) is 0 Å². The Balaban J connectivity index is 2.28. The molecule has 0 aromatic heterocycles. The van der Waals surface area contributed by atoms with Crippen LogP contribution in [0.2, 0.25) is 0 Å². The number of amides is 1. The van der Waals surface area contributed by atoms with E-state index in [1.54, 1.807) is 17.0 Å². The normalized spacial score (nSPS) is 15.2. The molecule has 0 bridgehead atoms. The molecule has 0 fully saturated rings. The number of carboxylic acids is 1. The molecule has 0 radical (unpaired) electrons. The van der Waals surface area contributed by atoms with E-state index in [0.29, 0.717) is 25.9 Å². The maximum atomic E-state index is 12.4. The summed E-state index contributed by atoms with van der Waals surface area (Å²) in [6.07, 6.45) is 1.27. The van der Waals surface area contributed by atoms with Gasteiger partial charge in [0.15, 0.2) is 0 Å². The van der Waals surface area contributed by atoms with Crippen LogP contribution in [-0.2, 0) is 32.5 Å². The molecule has 0 saturated carbocycles. The van der Waals surface area contributed by atoms with Gasteiger partial charge in [-0.05, 0) is 36.1 Å². The molecule has 126 valence electrons. The van der Waals surface area contributed by atoms with Crippen molar-refractivity contribution >= 4 is 21.9 Å². The van der Waals surface area contributed by atoms with Crippen molar-refractivity contribution in [3.63, 3.8) is 0 Å². The quantitative estimate of drug-likeness (QED) is 0.853. The lowest BCUT2D eigenvalue weighted by molar-refractivity contribution is -0.137. The highest BCUT2D eigenvalue weighted by Crippen LogP contribution is 2.22. The first-order valence-electron chi connectivity index (χ1n) is 7.27. The Morgan fingerprint density at radius 3 is 2.39 bits per heavy atom. The molecule has 0 unspecified atom stereocenters. The first kappa shape index (κ1) is 17.4. The largest absolute Gasteiger partial charge is 0.480 e. The number of carbonyl (C=O) groups is 2. The highest BCUT2D eigenvalue weighted by atomic mass is 32.2. The summed E-state index contributed by atoms with van der Waals surface area (Å²) in [7, 11) is -2.59. The number of carbonyl (C=O) groups excluding carboxylic acids is 1. The van der Waals surface area contributed by atoms with Gasteiger partial charge in [0.1, 0.15) is 6.54 Å². The van der Waals surface area contributed by atoms with Gasteiger partial charge in [0.2, 0.25) is 15.9 Å². The molecule has 1 aliphatic rings. The van der Waals surface area contributed by atoms with E-state index in [1.807, 2.05) is 0 Å². The molecule has 7 nitrogen and oxygen atoms in total. The van der Waals surface area contributed by atoms with Crippen LogP contribution < -0.4 is 0 Å². The molecule has 1 aliphatic heterocycles. The van der Waals surface area contributed by atoms with Crippen LogP contribution >= 0.6 is 0 Å². The third-order valence-electron chi connectivity index (χ3n) is 3.99. The number of benzene rings is 1. The summed E-state index contributed by atoms with van der Waals surface area (Å²) in [5, 5.41) is 8.76. The maximum absolute atomic E-state index is 12.4. The number of fused-ring (bicyclic) bond motifs is 1. The molecule has 23 heavy (non-hydrogen) atoms.